The van der Waals surface area contributed by atoms with Crippen LogP contribution in [0, 0.1) is 0 Å². The molecule has 3 rings (SSSR count). The molecule has 0 unspecified atom stereocenters. The number of hydrogen-bond donors (Lipinski definition) is 2. The average molecular weight is 250 g/mol. The number of hydrogen-bond acceptors (Lipinski definition) is 1. The summed E-state index contributed by atoms with van der Waals surface area (Å²) in [7, 11) is 0. The van der Waals surface area contributed by atoms with Crippen molar-refractivity contribution in [3.8, 4) is 0 Å². The molecule has 1 aliphatic rings. The summed E-state index contributed by atoms with van der Waals surface area (Å²) in [5.74, 6) is -0.737. The molecule has 1 heterocycles. The normalized spacial score (nSPS) is 17.2. The Labute approximate surface area is 103 Å². The monoisotopic (exact) mass is 249 g/mol. The van der Waals surface area contributed by atoms with Crippen LogP contribution >= 0.6 is 11.6 Å². The van der Waals surface area contributed by atoms with E-state index in [1.165, 1.54) is 0 Å². The van der Waals surface area contributed by atoms with Gasteiger partial charge in [0.25, 0.3) is 0 Å². The van der Waals surface area contributed by atoms with Crippen LogP contribution in [0.25, 0.3) is 10.9 Å². The zero-order valence-electron chi connectivity index (χ0n) is 9.16. The van der Waals surface area contributed by atoms with Gasteiger partial charge in [-0.25, -0.2) is 0 Å². The van der Waals surface area contributed by atoms with E-state index in [1.54, 1.807) is 0 Å². The lowest BCUT2D eigenvalue weighted by molar-refractivity contribution is -0.137. The van der Waals surface area contributed by atoms with Crippen molar-refractivity contribution in [3.05, 3.63) is 35.0 Å². The van der Waals surface area contributed by atoms with Gasteiger partial charge in [-0.15, -0.1) is 0 Å². The summed E-state index contributed by atoms with van der Waals surface area (Å²) in [4.78, 5) is 14.2. The molecule has 0 bridgehead atoms. The Kier molecular flexibility index (Phi) is 2.20. The van der Waals surface area contributed by atoms with Crippen LogP contribution in [0.5, 0.6) is 0 Å². The molecular formula is C13H12ClNO2. The lowest BCUT2D eigenvalue weighted by Crippen LogP contribution is -2.13. The lowest BCUT2D eigenvalue weighted by atomic mass is 9.98. The van der Waals surface area contributed by atoms with E-state index in [9.17, 15) is 4.79 Å². The minimum Gasteiger partial charge on any atom is -0.481 e. The third kappa shape index (κ3) is 1.80. The van der Waals surface area contributed by atoms with Crippen LogP contribution in [0.1, 0.15) is 25.0 Å². The number of aliphatic carboxylic acids is 1. The third-order valence-electron chi connectivity index (χ3n) is 3.50. The smallest absolute Gasteiger partial charge is 0.304 e. The van der Waals surface area contributed by atoms with Crippen molar-refractivity contribution in [2.75, 3.05) is 0 Å². The van der Waals surface area contributed by atoms with Crippen LogP contribution in [0.3, 0.4) is 0 Å². The molecule has 4 heteroatoms. The molecule has 88 valence electrons. The van der Waals surface area contributed by atoms with Gasteiger partial charge in [-0.05, 0) is 37.1 Å². The summed E-state index contributed by atoms with van der Waals surface area (Å²) >= 11 is 5.93. The van der Waals surface area contributed by atoms with Crippen molar-refractivity contribution in [1.29, 1.82) is 0 Å². The van der Waals surface area contributed by atoms with E-state index in [0.717, 1.165) is 29.4 Å². The number of nitrogens with one attached hydrogen (secondary N) is 1. The minimum absolute atomic E-state index is 0.169. The number of aromatic amines is 1. The highest BCUT2D eigenvalue weighted by Gasteiger charge is 2.47. The lowest BCUT2D eigenvalue weighted by Gasteiger charge is -2.09. The molecule has 3 nitrogen and oxygen atoms in total. The van der Waals surface area contributed by atoms with Crippen molar-refractivity contribution in [2.45, 2.75) is 24.7 Å². The minimum atomic E-state index is -0.737. The fourth-order valence-electron chi connectivity index (χ4n) is 2.37. The van der Waals surface area contributed by atoms with Crippen LogP contribution in [0.4, 0.5) is 0 Å². The van der Waals surface area contributed by atoms with Gasteiger partial charge in [0, 0.05) is 27.0 Å². The Hall–Kier alpha value is -1.48. The second kappa shape index (κ2) is 3.50. The van der Waals surface area contributed by atoms with Gasteiger partial charge >= 0.3 is 5.97 Å². The highest BCUT2D eigenvalue weighted by Crippen LogP contribution is 2.51. The van der Waals surface area contributed by atoms with Gasteiger partial charge in [-0.1, -0.05) is 11.6 Å². The summed E-state index contributed by atoms with van der Waals surface area (Å²) in [6, 6.07) is 7.68. The summed E-state index contributed by atoms with van der Waals surface area (Å²) in [6.07, 6.45) is 2.09. The molecule has 0 spiro atoms. The quantitative estimate of drug-likeness (QED) is 0.877. The van der Waals surface area contributed by atoms with E-state index in [4.69, 9.17) is 16.7 Å². The van der Waals surface area contributed by atoms with Crippen LogP contribution < -0.4 is 0 Å². The number of halogens is 1. The molecule has 1 saturated carbocycles. The van der Waals surface area contributed by atoms with Gasteiger partial charge in [0.05, 0.1) is 6.42 Å². The highest BCUT2D eigenvalue weighted by atomic mass is 35.5. The third-order valence-corrected chi connectivity index (χ3v) is 3.73. The number of benzene rings is 1. The molecule has 0 atom stereocenters. The van der Waals surface area contributed by atoms with Crippen LogP contribution in [0.2, 0.25) is 5.02 Å². The molecule has 0 amide bonds. The van der Waals surface area contributed by atoms with Gasteiger partial charge < -0.3 is 10.1 Å². The summed E-state index contributed by atoms with van der Waals surface area (Å²) in [5, 5.41) is 10.7. The summed E-state index contributed by atoms with van der Waals surface area (Å²) in [6.45, 7) is 0. The fourth-order valence-corrected chi connectivity index (χ4v) is 2.55. The number of carbonyl (C=O) groups is 1. The van der Waals surface area contributed by atoms with Crippen LogP contribution in [-0.2, 0) is 10.2 Å². The maximum absolute atomic E-state index is 10.9. The summed E-state index contributed by atoms with van der Waals surface area (Å²) in [5.41, 5.74) is 1.87. The van der Waals surface area contributed by atoms with E-state index in [-0.39, 0.29) is 11.8 Å². The first-order chi connectivity index (χ1) is 8.09. The van der Waals surface area contributed by atoms with Crippen LogP contribution in [0.15, 0.2) is 24.3 Å². The van der Waals surface area contributed by atoms with Crippen molar-refractivity contribution < 1.29 is 9.90 Å². The Morgan fingerprint density at radius 3 is 2.82 bits per heavy atom. The fraction of sp³-hybridized carbons (Fsp3) is 0.308. The van der Waals surface area contributed by atoms with Crippen molar-refractivity contribution in [1.82, 2.24) is 4.98 Å². The predicted molar refractivity (Wildman–Crippen MR) is 66.5 cm³/mol. The zero-order valence-corrected chi connectivity index (χ0v) is 9.92. The zero-order chi connectivity index (χ0) is 12.0. The van der Waals surface area contributed by atoms with Gasteiger partial charge in [-0.3, -0.25) is 4.79 Å². The molecule has 1 aromatic carbocycles. The Morgan fingerprint density at radius 2 is 2.18 bits per heavy atom. The van der Waals surface area contributed by atoms with Crippen molar-refractivity contribution in [2.24, 2.45) is 0 Å². The van der Waals surface area contributed by atoms with Crippen molar-refractivity contribution >= 4 is 28.5 Å². The summed E-state index contributed by atoms with van der Waals surface area (Å²) < 4.78 is 0. The van der Waals surface area contributed by atoms with E-state index < -0.39 is 5.97 Å². The second-order valence-electron chi connectivity index (χ2n) is 4.77. The maximum Gasteiger partial charge on any atom is 0.304 e. The Bertz CT molecular complexity index is 598. The van der Waals surface area contributed by atoms with Crippen LogP contribution in [-0.4, -0.2) is 16.1 Å². The van der Waals surface area contributed by atoms with Gasteiger partial charge in [0.2, 0.25) is 0 Å². The molecule has 0 saturated heterocycles. The first-order valence-electron chi connectivity index (χ1n) is 5.60. The largest absolute Gasteiger partial charge is 0.481 e. The maximum atomic E-state index is 10.9. The standard InChI is InChI=1S/C13H12ClNO2/c14-9-1-2-10-8(5-9)6-11(15-10)13(3-4-13)7-12(16)17/h1-2,5-6,15H,3-4,7H2,(H,16,17). The van der Waals surface area contributed by atoms with Gasteiger partial charge in [0.15, 0.2) is 0 Å². The number of carboxylic acid groups (broad SMARTS) is 1. The topological polar surface area (TPSA) is 53.1 Å². The average Bonchev–Trinajstić information content (AvgIpc) is 2.90. The number of H-pyrrole nitrogens is 1. The number of fused-ring (bicyclic) bond motifs is 1. The van der Waals surface area contributed by atoms with E-state index in [2.05, 4.69) is 4.98 Å². The molecule has 17 heavy (non-hydrogen) atoms. The Morgan fingerprint density at radius 1 is 1.41 bits per heavy atom. The first kappa shape index (κ1) is 10.7. The van der Waals surface area contributed by atoms with E-state index in [0.29, 0.717) is 5.02 Å². The SMILES string of the molecule is O=C(O)CC1(c2cc3cc(Cl)ccc3[nH]2)CC1. The van der Waals surface area contributed by atoms with E-state index >= 15 is 0 Å². The molecule has 1 fully saturated rings. The molecule has 2 aromatic rings. The predicted octanol–water partition coefficient (Wildman–Crippen LogP) is 3.33. The van der Waals surface area contributed by atoms with Crippen molar-refractivity contribution in [3.63, 3.8) is 0 Å². The Balaban J connectivity index is 2.04. The second-order valence-corrected chi connectivity index (χ2v) is 5.20. The van der Waals surface area contributed by atoms with Gasteiger partial charge in [0.1, 0.15) is 0 Å². The number of rotatable bonds is 3. The molecular weight excluding hydrogens is 238 g/mol. The molecule has 0 aliphatic heterocycles. The molecule has 2 N–H and O–H groups in total. The highest BCUT2D eigenvalue weighted by molar-refractivity contribution is 6.31. The molecule has 1 aromatic heterocycles. The van der Waals surface area contributed by atoms with E-state index in [1.807, 2.05) is 24.3 Å². The first-order valence-corrected chi connectivity index (χ1v) is 5.97. The number of aromatic nitrogens is 1. The number of carboxylic acids is 1. The van der Waals surface area contributed by atoms with Gasteiger partial charge in [-0.2, -0.15) is 0 Å². The molecule has 1 aliphatic carbocycles. The molecule has 0 radical (unpaired) electrons.